The number of hydrogen-bond donors (Lipinski definition) is 1. The van der Waals surface area contributed by atoms with Crippen molar-refractivity contribution < 1.29 is 9.47 Å². The van der Waals surface area contributed by atoms with Crippen molar-refractivity contribution in [3.05, 3.63) is 24.3 Å². The first-order valence-electron chi connectivity index (χ1n) is 7.32. The lowest BCUT2D eigenvalue weighted by Gasteiger charge is -2.25. The number of nitrogens with one attached hydrogen (secondary N) is 1. The number of ether oxygens (including phenoxy) is 2. The summed E-state index contributed by atoms with van der Waals surface area (Å²) in [6.45, 7) is 3.02. The van der Waals surface area contributed by atoms with E-state index in [1.165, 1.54) is 32.1 Å². The zero-order valence-corrected chi connectivity index (χ0v) is 12.0. The van der Waals surface area contributed by atoms with E-state index in [0.717, 1.165) is 18.0 Å². The summed E-state index contributed by atoms with van der Waals surface area (Å²) in [7, 11) is 1.67. The Bertz CT molecular complexity index is 358. The minimum atomic E-state index is 0.190. The van der Waals surface area contributed by atoms with Gasteiger partial charge in [-0.1, -0.05) is 19.3 Å². The third kappa shape index (κ3) is 4.75. The topological polar surface area (TPSA) is 30.5 Å². The molecule has 1 aromatic rings. The molecule has 0 radical (unpaired) electrons. The minimum Gasteiger partial charge on any atom is -0.497 e. The zero-order chi connectivity index (χ0) is 13.5. The molecule has 0 spiro atoms. The molecule has 1 aliphatic carbocycles. The number of benzene rings is 1. The molecule has 1 unspecified atom stereocenters. The van der Waals surface area contributed by atoms with E-state index >= 15 is 0 Å². The highest BCUT2D eigenvalue weighted by molar-refractivity contribution is 5.31. The van der Waals surface area contributed by atoms with Gasteiger partial charge in [-0.25, -0.2) is 0 Å². The van der Waals surface area contributed by atoms with E-state index in [0.29, 0.717) is 6.04 Å². The van der Waals surface area contributed by atoms with Crippen LogP contribution in [0.25, 0.3) is 0 Å². The molecule has 3 heteroatoms. The predicted molar refractivity (Wildman–Crippen MR) is 78.0 cm³/mol. The van der Waals surface area contributed by atoms with Gasteiger partial charge in [0.1, 0.15) is 17.6 Å². The van der Waals surface area contributed by atoms with Crippen LogP contribution < -0.4 is 14.8 Å². The highest BCUT2D eigenvalue weighted by Gasteiger charge is 2.14. The van der Waals surface area contributed by atoms with Crippen molar-refractivity contribution in [3.8, 4) is 11.5 Å². The van der Waals surface area contributed by atoms with Crippen LogP contribution in [-0.2, 0) is 0 Å². The molecule has 19 heavy (non-hydrogen) atoms. The van der Waals surface area contributed by atoms with Gasteiger partial charge >= 0.3 is 0 Å². The summed E-state index contributed by atoms with van der Waals surface area (Å²) >= 11 is 0. The third-order valence-corrected chi connectivity index (χ3v) is 3.70. The van der Waals surface area contributed by atoms with Gasteiger partial charge in [-0.15, -0.1) is 0 Å². The van der Waals surface area contributed by atoms with E-state index in [4.69, 9.17) is 9.47 Å². The average molecular weight is 263 g/mol. The zero-order valence-electron chi connectivity index (χ0n) is 12.0. The summed E-state index contributed by atoms with van der Waals surface area (Å²) in [5, 5.41) is 3.61. The summed E-state index contributed by atoms with van der Waals surface area (Å²) in [5.41, 5.74) is 0. The van der Waals surface area contributed by atoms with E-state index in [1.54, 1.807) is 7.11 Å². The number of methoxy groups -OCH3 is 1. The van der Waals surface area contributed by atoms with Crippen LogP contribution in [0.1, 0.15) is 39.0 Å². The van der Waals surface area contributed by atoms with Gasteiger partial charge in [0.05, 0.1) is 7.11 Å². The lowest BCUT2D eigenvalue weighted by atomic mass is 9.95. The molecule has 106 valence electrons. The van der Waals surface area contributed by atoms with Gasteiger partial charge in [0.15, 0.2) is 0 Å². The van der Waals surface area contributed by atoms with Gasteiger partial charge in [-0.05, 0) is 44.0 Å². The summed E-state index contributed by atoms with van der Waals surface area (Å²) in [6.07, 6.45) is 6.95. The van der Waals surface area contributed by atoms with Crippen molar-refractivity contribution in [2.75, 3.05) is 13.7 Å². The molecule has 0 aromatic heterocycles. The quantitative estimate of drug-likeness (QED) is 0.853. The Hall–Kier alpha value is -1.22. The number of rotatable bonds is 6. The Morgan fingerprint density at radius 3 is 2.37 bits per heavy atom. The minimum absolute atomic E-state index is 0.190. The maximum Gasteiger partial charge on any atom is 0.120 e. The second kappa shape index (κ2) is 7.39. The molecule has 0 heterocycles. The van der Waals surface area contributed by atoms with Crippen LogP contribution >= 0.6 is 0 Å². The highest BCUT2D eigenvalue weighted by Crippen LogP contribution is 2.19. The largest absolute Gasteiger partial charge is 0.497 e. The molecule has 1 aliphatic rings. The fraction of sp³-hybridized carbons (Fsp3) is 0.625. The van der Waals surface area contributed by atoms with E-state index in [2.05, 4.69) is 12.2 Å². The standard InChI is InChI=1S/C16H25NO2/c1-13(12-17-14-6-4-3-5-7-14)19-16-10-8-15(18-2)9-11-16/h8-11,13-14,17H,3-7,12H2,1-2H3. The van der Waals surface area contributed by atoms with Crippen LogP contribution in [0, 0.1) is 0 Å². The second-order valence-corrected chi connectivity index (χ2v) is 5.35. The van der Waals surface area contributed by atoms with Crippen LogP contribution in [-0.4, -0.2) is 25.8 Å². The van der Waals surface area contributed by atoms with Crippen LogP contribution in [0.4, 0.5) is 0 Å². The lowest BCUT2D eigenvalue weighted by Crippen LogP contribution is -2.37. The van der Waals surface area contributed by atoms with Gasteiger partial charge < -0.3 is 14.8 Å². The van der Waals surface area contributed by atoms with Gasteiger partial charge in [0.2, 0.25) is 0 Å². The summed E-state index contributed by atoms with van der Waals surface area (Å²) in [4.78, 5) is 0. The monoisotopic (exact) mass is 263 g/mol. The SMILES string of the molecule is COc1ccc(OC(C)CNC2CCCCC2)cc1. The molecule has 0 aliphatic heterocycles. The molecule has 1 fully saturated rings. The normalized spacial score (nSPS) is 18.0. The van der Waals surface area contributed by atoms with Crippen molar-refractivity contribution >= 4 is 0 Å². The second-order valence-electron chi connectivity index (χ2n) is 5.35. The first-order valence-corrected chi connectivity index (χ1v) is 7.32. The Kier molecular flexibility index (Phi) is 5.52. The predicted octanol–water partition coefficient (Wildman–Crippen LogP) is 3.38. The first kappa shape index (κ1) is 14.2. The molecular weight excluding hydrogens is 238 g/mol. The molecular formula is C16H25NO2. The van der Waals surface area contributed by atoms with Gasteiger partial charge in [0.25, 0.3) is 0 Å². The molecule has 1 saturated carbocycles. The Labute approximate surface area is 116 Å². The molecule has 2 rings (SSSR count). The molecule has 0 bridgehead atoms. The molecule has 1 N–H and O–H groups in total. The Morgan fingerprint density at radius 2 is 1.74 bits per heavy atom. The Morgan fingerprint density at radius 1 is 1.11 bits per heavy atom. The highest BCUT2D eigenvalue weighted by atomic mass is 16.5. The summed E-state index contributed by atoms with van der Waals surface area (Å²) < 4.78 is 11.0. The van der Waals surface area contributed by atoms with Crippen molar-refractivity contribution in [1.29, 1.82) is 0 Å². The average Bonchev–Trinajstić information content (AvgIpc) is 2.47. The first-order chi connectivity index (χ1) is 9.28. The van der Waals surface area contributed by atoms with Crippen molar-refractivity contribution in [2.45, 2.75) is 51.2 Å². The molecule has 3 nitrogen and oxygen atoms in total. The fourth-order valence-corrected chi connectivity index (χ4v) is 2.57. The van der Waals surface area contributed by atoms with E-state index in [9.17, 15) is 0 Å². The van der Waals surface area contributed by atoms with Crippen molar-refractivity contribution in [2.24, 2.45) is 0 Å². The molecule has 0 saturated heterocycles. The van der Waals surface area contributed by atoms with Gasteiger partial charge in [-0.2, -0.15) is 0 Å². The fourth-order valence-electron chi connectivity index (χ4n) is 2.57. The third-order valence-electron chi connectivity index (χ3n) is 3.70. The smallest absolute Gasteiger partial charge is 0.120 e. The van der Waals surface area contributed by atoms with Gasteiger partial charge in [0, 0.05) is 12.6 Å². The van der Waals surface area contributed by atoms with E-state index in [1.807, 2.05) is 24.3 Å². The lowest BCUT2D eigenvalue weighted by molar-refractivity contribution is 0.205. The van der Waals surface area contributed by atoms with Crippen LogP contribution in [0.5, 0.6) is 11.5 Å². The molecule has 1 aromatic carbocycles. The Balaban J connectivity index is 1.71. The number of hydrogen-bond acceptors (Lipinski definition) is 3. The van der Waals surface area contributed by atoms with E-state index in [-0.39, 0.29) is 6.10 Å². The molecule has 1 atom stereocenters. The van der Waals surface area contributed by atoms with Gasteiger partial charge in [-0.3, -0.25) is 0 Å². The summed E-state index contributed by atoms with van der Waals surface area (Å²) in [5.74, 6) is 1.76. The van der Waals surface area contributed by atoms with Crippen LogP contribution in [0.2, 0.25) is 0 Å². The maximum atomic E-state index is 5.89. The van der Waals surface area contributed by atoms with Crippen molar-refractivity contribution in [1.82, 2.24) is 5.32 Å². The van der Waals surface area contributed by atoms with Crippen LogP contribution in [0.3, 0.4) is 0 Å². The summed E-state index contributed by atoms with van der Waals surface area (Å²) in [6, 6.07) is 8.45. The maximum absolute atomic E-state index is 5.89. The van der Waals surface area contributed by atoms with Crippen molar-refractivity contribution in [3.63, 3.8) is 0 Å². The van der Waals surface area contributed by atoms with E-state index < -0.39 is 0 Å². The van der Waals surface area contributed by atoms with Crippen LogP contribution in [0.15, 0.2) is 24.3 Å². The molecule has 0 amide bonds.